The van der Waals surface area contributed by atoms with Gasteiger partial charge in [-0.2, -0.15) is 0 Å². The van der Waals surface area contributed by atoms with Crippen molar-refractivity contribution in [2.75, 3.05) is 0 Å². The molecule has 0 radical (unpaired) electrons. The number of hydrogen-bond donors (Lipinski definition) is 1. The first-order chi connectivity index (χ1) is 9.08. The van der Waals surface area contributed by atoms with E-state index in [1.165, 1.54) is 6.07 Å². The standard InChI is InChI=1S/C13H11N3O3/c1-7-14-9-5-3-4-8(12(9)16(7)2)10-6-11(13(17)18)19-15-10/h3-6H,1-2H3,(H,17,18). The number of aryl methyl sites for hydroxylation is 2. The van der Waals surface area contributed by atoms with Gasteiger partial charge in [-0.05, 0) is 13.0 Å². The van der Waals surface area contributed by atoms with Crippen molar-refractivity contribution in [3.05, 3.63) is 35.9 Å². The Hall–Kier alpha value is -2.63. The third-order valence-corrected chi connectivity index (χ3v) is 3.11. The lowest BCUT2D eigenvalue weighted by Gasteiger charge is -2.02. The maximum Gasteiger partial charge on any atom is 0.374 e. The van der Waals surface area contributed by atoms with Crippen molar-refractivity contribution < 1.29 is 14.4 Å². The van der Waals surface area contributed by atoms with E-state index in [2.05, 4.69) is 10.1 Å². The fourth-order valence-corrected chi connectivity index (χ4v) is 2.09. The lowest BCUT2D eigenvalue weighted by molar-refractivity contribution is 0.0652. The van der Waals surface area contributed by atoms with Crippen LogP contribution in [0.5, 0.6) is 0 Å². The minimum absolute atomic E-state index is 0.175. The molecule has 0 bridgehead atoms. The van der Waals surface area contributed by atoms with Gasteiger partial charge in [0, 0.05) is 18.7 Å². The first-order valence-corrected chi connectivity index (χ1v) is 5.70. The number of fused-ring (bicyclic) bond motifs is 1. The second-order valence-electron chi connectivity index (χ2n) is 4.27. The summed E-state index contributed by atoms with van der Waals surface area (Å²) in [6, 6.07) is 7.05. The van der Waals surface area contributed by atoms with Gasteiger partial charge >= 0.3 is 5.97 Å². The number of carboxylic acids is 1. The van der Waals surface area contributed by atoms with E-state index in [1.54, 1.807) is 0 Å². The Morgan fingerprint density at radius 2 is 2.21 bits per heavy atom. The minimum atomic E-state index is -1.13. The molecule has 6 heteroatoms. The minimum Gasteiger partial charge on any atom is -0.475 e. The lowest BCUT2D eigenvalue weighted by Crippen LogP contribution is -1.93. The van der Waals surface area contributed by atoms with Gasteiger partial charge in [0.05, 0.1) is 11.0 Å². The third kappa shape index (κ3) is 1.69. The van der Waals surface area contributed by atoms with E-state index < -0.39 is 5.97 Å². The van der Waals surface area contributed by atoms with Crippen LogP contribution < -0.4 is 0 Å². The van der Waals surface area contributed by atoms with Crippen LogP contribution in [-0.4, -0.2) is 25.8 Å². The summed E-state index contributed by atoms with van der Waals surface area (Å²) in [4.78, 5) is 15.3. The molecule has 0 aliphatic heterocycles. The Morgan fingerprint density at radius 3 is 2.89 bits per heavy atom. The Balaban J connectivity index is 2.26. The maximum atomic E-state index is 10.8. The summed E-state index contributed by atoms with van der Waals surface area (Å²) < 4.78 is 6.74. The number of benzene rings is 1. The highest BCUT2D eigenvalue weighted by atomic mass is 16.5. The summed E-state index contributed by atoms with van der Waals surface area (Å²) in [6.45, 7) is 1.91. The molecule has 2 heterocycles. The number of imidazole rings is 1. The number of nitrogens with zero attached hydrogens (tertiary/aromatic N) is 3. The Bertz CT molecular complexity index is 786. The van der Waals surface area contributed by atoms with Gasteiger partial charge in [-0.3, -0.25) is 0 Å². The number of carboxylic acid groups (broad SMARTS) is 1. The summed E-state index contributed by atoms with van der Waals surface area (Å²) in [7, 11) is 1.91. The molecule has 0 aliphatic carbocycles. The predicted octanol–water partition coefficient (Wildman–Crippen LogP) is 2.23. The zero-order chi connectivity index (χ0) is 13.6. The van der Waals surface area contributed by atoms with Crippen LogP contribution in [-0.2, 0) is 7.05 Å². The van der Waals surface area contributed by atoms with Crippen LogP contribution in [0.2, 0.25) is 0 Å². The monoisotopic (exact) mass is 257 g/mol. The zero-order valence-corrected chi connectivity index (χ0v) is 10.4. The highest BCUT2D eigenvalue weighted by molar-refractivity contribution is 5.93. The number of aromatic nitrogens is 3. The number of carbonyl (C=O) groups is 1. The van der Waals surface area contributed by atoms with Crippen molar-refractivity contribution in [1.82, 2.24) is 14.7 Å². The highest BCUT2D eigenvalue weighted by Crippen LogP contribution is 2.28. The third-order valence-electron chi connectivity index (χ3n) is 3.11. The SMILES string of the molecule is Cc1nc2cccc(-c3cc(C(=O)O)on3)c2n1C. The first kappa shape index (κ1) is 11.5. The molecule has 96 valence electrons. The van der Waals surface area contributed by atoms with Gasteiger partial charge in [-0.15, -0.1) is 0 Å². The van der Waals surface area contributed by atoms with Crippen molar-refractivity contribution >= 4 is 17.0 Å². The summed E-state index contributed by atoms with van der Waals surface area (Å²) >= 11 is 0. The average molecular weight is 257 g/mol. The Labute approximate surface area is 108 Å². The van der Waals surface area contributed by atoms with E-state index >= 15 is 0 Å². The van der Waals surface area contributed by atoms with Crippen molar-refractivity contribution in [2.24, 2.45) is 7.05 Å². The van der Waals surface area contributed by atoms with Crippen LogP contribution in [0.15, 0.2) is 28.8 Å². The fourth-order valence-electron chi connectivity index (χ4n) is 2.09. The molecule has 1 aromatic carbocycles. The molecule has 6 nitrogen and oxygen atoms in total. The molecule has 0 saturated carbocycles. The molecule has 19 heavy (non-hydrogen) atoms. The van der Waals surface area contributed by atoms with Crippen LogP contribution in [0.25, 0.3) is 22.3 Å². The topological polar surface area (TPSA) is 81.2 Å². The second-order valence-corrected chi connectivity index (χ2v) is 4.27. The van der Waals surface area contributed by atoms with E-state index in [0.717, 1.165) is 22.4 Å². The highest BCUT2D eigenvalue weighted by Gasteiger charge is 2.16. The van der Waals surface area contributed by atoms with E-state index in [1.807, 2.05) is 36.7 Å². The van der Waals surface area contributed by atoms with Crippen LogP contribution in [0.4, 0.5) is 0 Å². The molecular formula is C13H11N3O3. The van der Waals surface area contributed by atoms with Crippen LogP contribution >= 0.6 is 0 Å². The molecule has 2 aromatic heterocycles. The van der Waals surface area contributed by atoms with E-state index in [9.17, 15) is 4.79 Å². The molecule has 1 N–H and O–H groups in total. The maximum absolute atomic E-state index is 10.8. The quantitative estimate of drug-likeness (QED) is 0.761. The Morgan fingerprint density at radius 1 is 1.42 bits per heavy atom. The van der Waals surface area contributed by atoms with Gasteiger partial charge in [-0.1, -0.05) is 17.3 Å². The molecule has 0 aliphatic rings. The van der Waals surface area contributed by atoms with Gasteiger partial charge in [0.2, 0.25) is 5.76 Å². The normalized spacial score (nSPS) is 11.1. The van der Waals surface area contributed by atoms with E-state index in [0.29, 0.717) is 5.69 Å². The van der Waals surface area contributed by atoms with E-state index in [4.69, 9.17) is 9.63 Å². The fraction of sp³-hybridized carbons (Fsp3) is 0.154. The molecule has 0 saturated heterocycles. The van der Waals surface area contributed by atoms with Gasteiger partial charge in [0.1, 0.15) is 11.5 Å². The van der Waals surface area contributed by atoms with Crippen molar-refractivity contribution in [2.45, 2.75) is 6.92 Å². The number of aromatic carboxylic acids is 1. The van der Waals surface area contributed by atoms with Crippen LogP contribution in [0.1, 0.15) is 16.4 Å². The van der Waals surface area contributed by atoms with E-state index in [-0.39, 0.29) is 5.76 Å². The molecule has 0 atom stereocenters. The van der Waals surface area contributed by atoms with Crippen molar-refractivity contribution in [1.29, 1.82) is 0 Å². The van der Waals surface area contributed by atoms with Gasteiger partial charge in [-0.25, -0.2) is 9.78 Å². The largest absolute Gasteiger partial charge is 0.475 e. The van der Waals surface area contributed by atoms with Crippen LogP contribution in [0, 0.1) is 6.92 Å². The molecule has 0 spiro atoms. The first-order valence-electron chi connectivity index (χ1n) is 5.70. The molecule has 0 amide bonds. The van der Waals surface area contributed by atoms with Gasteiger partial charge in [0.25, 0.3) is 0 Å². The van der Waals surface area contributed by atoms with Crippen LogP contribution in [0.3, 0.4) is 0 Å². The number of rotatable bonds is 2. The molecule has 3 aromatic rings. The molecule has 3 rings (SSSR count). The van der Waals surface area contributed by atoms with Crippen molar-refractivity contribution in [3.8, 4) is 11.3 Å². The predicted molar refractivity (Wildman–Crippen MR) is 67.9 cm³/mol. The summed E-state index contributed by atoms with van der Waals surface area (Å²) in [6.07, 6.45) is 0. The lowest BCUT2D eigenvalue weighted by atomic mass is 10.1. The van der Waals surface area contributed by atoms with Gasteiger partial charge in [0.15, 0.2) is 0 Å². The van der Waals surface area contributed by atoms with Crippen molar-refractivity contribution in [3.63, 3.8) is 0 Å². The molecule has 0 unspecified atom stereocenters. The Kier molecular flexibility index (Phi) is 2.38. The number of hydrogen-bond acceptors (Lipinski definition) is 4. The summed E-state index contributed by atoms with van der Waals surface area (Å²) in [5, 5.41) is 12.7. The zero-order valence-electron chi connectivity index (χ0n) is 10.4. The smallest absolute Gasteiger partial charge is 0.374 e. The summed E-state index contributed by atoms with van der Waals surface area (Å²) in [5.74, 6) is -0.428. The second kappa shape index (κ2) is 3.94. The molecular weight excluding hydrogens is 246 g/mol. The number of para-hydroxylation sites is 1. The summed E-state index contributed by atoms with van der Waals surface area (Å²) in [5.41, 5.74) is 3.05. The van der Waals surface area contributed by atoms with Gasteiger partial charge < -0.3 is 14.2 Å². The molecule has 0 fully saturated rings. The average Bonchev–Trinajstić information content (AvgIpc) is 2.96.